The van der Waals surface area contributed by atoms with Gasteiger partial charge in [-0.1, -0.05) is 12.1 Å². The Hall–Kier alpha value is -1.06. The maximum Gasteiger partial charge on any atom is 0.0396 e. The van der Waals surface area contributed by atoms with Crippen LogP contribution in [0.15, 0.2) is 18.2 Å². The van der Waals surface area contributed by atoms with Crippen molar-refractivity contribution in [2.24, 2.45) is 0 Å². The van der Waals surface area contributed by atoms with Gasteiger partial charge >= 0.3 is 0 Å². The zero-order valence-corrected chi connectivity index (χ0v) is 12.7. The number of hydrogen-bond donors (Lipinski definition) is 1. The van der Waals surface area contributed by atoms with Crippen LogP contribution >= 0.6 is 0 Å². The highest BCUT2D eigenvalue weighted by molar-refractivity contribution is 5.55. The van der Waals surface area contributed by atoms with E-state index in [2.05, 4.69) is 54.3 Å². The smallest absolute Gasteiger partial charge is 0.0396 e. The van der Waals surface area contributed by atoms with E-state index in [1.807, 2.05) is 7.05 Å². The Bertz CT molecular complexity index is 414. The molecule has 1 aromatic rings. The molecule has 1 aliphatic heterocycles. The third kappa shape index (κ3) is 3.48. The Kier molecular flexibility index (Phi) is 4.83. The van der Waals surface area contributed by atoms with E-state index in [1.165, 1.54) is 36.2 Å². The molecule has 106 valence electrons. The van der Waals surface area contributed by atoms with E-state index in [0.717, 1.165) is 13.1 Å². The minimum absolute atomic E-state index is 0.685. The molecule has 3 nitrogen and oxygen atoms in total. The molecule has 1 atom stereocenters. The zero-order valence-electron chi connectivity index (χ0n) is 12.7. The van der Waals surface area contributed by atoms with Gasteiger partial charge in [-0.25, -0.2) is 0 Å². The van der Waals surface area contributed by atoms with Gasteiger partial charge in [0, 0.05) is 31.4 Å². The summed E-state index contributed by atoms with van der Waals surface area (Å²) in [6.45, 7) is 5.52. The molecule has 0 spiro atoms. The van der Waals surface area contributed by atoms with E-state index in [4.69, 9.17) is 0 Å². The van der Waals surface area contributed by atoms with Crippen LogP contribution in [0.3, 0.4) is 0 Å². The molecule has 1 aliphatic rings. The summed E-state index contributed by atoms with van der Waals surface area (Å²) in [5, 5.41) is 3.21. The van der Waals surface area contributed by atoms with Crippen LogP contribution in [0, 0.1) is 6.92 Å². The maximum absolute atomic E-state index is 3.21. The maximum atomic E-state index is 3.21. The largest absolute Gasteiger partial charge is 0.370 e. The van der Waals surface area contributed by atoms with Crippen molar-refractivity contribution in [2.75, 3.05) is 39.1 Å². The lowest BCUT2D eigenvalue weighted by molar-refractivity contribution is 0.258. The summed E-state index contributed by atoms with van der Waals surface area (Å²) in [7, 11) is 6.38. The van der Waals surface area contributed by atoms with Gasteiger partial charge in [0.2, 0.25) is 0 Å². The van der Waals surface area contributed by atoms with Gasteiger partial charge in [-0.15, -0.1) is 0 Å². The van der Waals surface area contributed by atoms with Crippen LogP contribution in [-0.4, -0.2) is 45.2 Å². The standard InChI is InChI=1S/C16H27N3/c1-13-10-14(11-17-2)7-8-16(13)19-9-5-6-15(12-19)18(3)4/h7-8,10,15,17H,5-6,9,11-12H2,1-4H3. The van der Waals surface area contributed by atoms with E-state index in [1.54, 1.807) is 0 Å². The Labute approximate surface area is 117 Å². The van der Waals surface area contributed by atoms with Crippen molar-refractivity contribution < 1.29 is 0 Å². The van der Waals surface area contributed by atoms with E-state index < -0.39 is 0 Å². The first-order valence-electron chi connectivity index (χ1n) is 7.27. The van der Waals surface area contributed by atoms with E-state index in [0.29, 0.717) is 6.04 Å². The highest BCUT2D eigenvalue weighted by Gasteiger charge is 2.22. The van der Waals surface area contributed by atoms with Crippen LogP contribution in [-0.2, 0) is 6.54 Å². The van der Waals surface area contributed by atoms with Crippen LogP contribution in [0.1, 0.15) is 24.0 Å². The van der Waals surface area contributed by atoms with Crippen molar-refractivity contribution in [3.8, 4) is 0 Å². The molecule has 0 saturated carbocycles. The molecule has 0 bridgehead atoms. The number of nitrogens with one attached hydrogen (secondary N) is 1. The molecule has 1 unspecified atom stereocenters. The molecule has 3 heteroatoms. The van der Waals surface area contributed by atoms with Crippen LogP contribution < -0.4 is 10.2 Å². The summed E-state index contributed by atoms with van der Waals surface area (Å²) in [6.07, 6.45) is 2.61. The zero-order chi connectivity index (χ0) is 13.8. The number of likely N-dealkylation sites (N-methyl/N-ethyl adjacent to an activating group) is 1. The molecular weight excluding hydrogens is 234 g/mol. The van der Waals surface area contributed by atoms with E-state index >= 15 is 0 Å². The highest BCUT2D eigenvalue weighted by Crippen LogP contribution is 2.25. The molecule has 19 heavy (non-hydrogen) atoms. The van der Waals surface area contributed by atoms with Crippen molar-refractivity contribution in [1.82, 2.24) is 10.2 Å². The first-order valence-corrected chi connectivity index (χ1v) is 7.27. The number of piperidine rings is 1. The van der Waals surface area contributed by atoms with Gasteiger partial charge in [0.05, 0.1) is 0 Å². The van der Waals surface area contributed by atoms with Crippen molar-refractivity contribution in [1.29, 1.82) is 0 Å². The van der Waals surface area contributed by atoms with Gasteiger partial charge in [0.15, 0.2) is 0 Å². The fraction of sp³-hybridized carbons (Fsp3) is 0.625. The van der Waals surface area contributed by atoms with Crippen LogP contribution in [0.5, 0.6) is 0 Å². The van der Waals surface area contributed by atoms with Crippen LogP contribution in [0.25, 0.3) is 0 Å². The summed E-state index contributed by atoms with van der Waals surface area (Å²) in [6, 6.07) is 7.54. The van der Waals surface area contributed by atoms with Crippen LogP contribution in [0.4, 0.5) is 5.69 Å². The second-order valence-electron chi connectivity index (χ2n) is 5.86. The van der Waals surface area contributed by atoms with Crippen LogP contribution in [0.2, 0.25) is 0 Å². The average molecular weight is 261 g/mol. The van der Waals surface area contributed by atoms with Crippen molar-refractivity contribution in [2.45, 2.75) is 32.4 Å². The monoisotopic (exact) mass is 261 g/mol. The quantitative estimate of drug-likeness (QED) is 0.897. The lowest BCUT2D eigenvalue weighted by Gasteiger charge is -2.38. The lowest BCUT2D eigenvalue weighted by Crippen LogP contribution is -2.45. The van der Waals surface area contributed by atoms with Crippen molar-refractivity contribution in [3.05, 3.63) is 29.3 Å². The van der Waals surface area contributed by atoms with E-state index in [9.17, 15) is 0 Å². The minimum atomic E-state index is 0.685. The highest BCUT2D eigenvalue weighted by atomic mass is 15.2. The van der Waals surface area contributed by atoms with Gasteiger partial charge in [-0.05, 0) is 58.1 Å². The number of rotatable bonds is 4. The molecule has 2 rings (SSSR count). The SMILES string of the molecule is CNCc1ccc(N2CCCC(N(C)C)C2)c(C)c1. The van der Waals surface area contributed by atoms with Gasteiger partial charge in [-0.2, -0.15) is 0 Å². The summed E-state index contributed by atoms with van der Waals surface area (Å²) in [5.41, 5.74) is 4.17. The molecule has 1 saturated heterocycles. The summed E-state index contributed by atoms with van der Waals surface area (Å²) < 4.78 is 0. The minimum Gasteiger partial charge on any atom is -0.370 e. The predicted molar refractivity (Wildman–Crippen MR) is 82.9 cm³/mol. The first kappa shape index (κ1) is 14.4. The number of nitrogens with zero attached hydrogens (tertiary/aromatic N) is 2. The number of hydrogen-bond acceptors (Lipinski definition) is 3. The fourth-order valence-corrected chi connectivity index (χ4v) is 2.98. The van der Waals surface area contributed by atoms with Gasteiger partial charge in [0.1, 0.15) is 0 Å². The lowest BCUT2D eigenvalue weighted by atomic mass is 10.0. The molecule has 0 amide bonds. The Morgan fingerprint density at radius 1 is 1.37 bits per heavy atom. The second-order valence-corrected chi connectivity index (χ2v) is 5.86. The second kappa shape index (κ2) is 6.40. The Morgan fingerprint density at radius 3 is 2.79 bits per heavy atom. The fourth-order valence-electron chi connectivity index (χ4n) is 2.98. The first-order chi connectivity index (χ1) is 9.11. The van der Waals surface area contributed by atoms with Crippen molar-refractivity contribution in [3.63, 3.8) is 0 Å². The molecule has 0 aliphatic carbocycles. The molecule has 1 aromatic carbocycles. The number of benzene rings is 1. The van der Waals surface area contributed by atoms with E-state index in [-0.39, 0.29) is 0 Å². The predicted octanol–water partition coefficient (Wildman–Crippen LogP) is 2.24. The molecule has 1 heterocycles. The van der Waals surface area contributed by atoms with Crippen molar-refractivity contribution >= 4 is 5.69 Å². The third-order valence-electron chi connectivity index (χ3n) is 4.11. The average Bonchev–Trinajstić information content (AvgIpc) is 2.39. The molecule has 0 aromatic heterocycles. The molecule has 1 fully saturated rings. The normalized spacial score (nSPS) is 20.1. The molecule has 1 N–H and O–H groups in total. The molecular formula is C16H27N3. The Balaban J connectivity index is 2.12. The summed E-state index contributed by atoms with van der Waals surface area (Å²) in [5.74, 6) is 0. The number of anilines is 1. The van der Waals surface area contributed by atoms with Gasteiger partial charge in [-0.3, -0.25) is 0 Å². The van der Waals surface area contributed by atoms with Gasteiger partial charge in [0.25, 0.3) is 0 Å². The Morgan fingerprint density at radius 2 is 2.16 bits per heavy atom. The molecule has 0 radical (unpaired) electrons. The van der Waals surface area contributed by atoms with Gasteiger partial charge < -0.3 is 15.1 Å². The third-order valence-corrected chi connectivity index (χ3v) is 4.11. The number of aryl methyl sites for hydroxylation is 1. The topological polar surface area (TPSA) is 18.5 Å². The summed E-state index contributed by atoms with van der Waals surface area (Å²) >= 11 is 0. The summed E-state index contributed by atoms with van der Waals surface area (Å²) in [4.78, 5) is 4.91.